The van der Waals surface area contributed by atoms with Crippen LogP contribution >= 0.6 is 0 Å². The number of carboxylic acid groups (broad SMARTS) is 1. The quantitative estimate of drug-likeness (QED) is 0.128. The molecule has 0 aromatic heterocycles. The van der Waals surface area contributed by atoms with Crippen LogP contribution in [0.5, 0.6) is 11.5 Å². The van der Waals surface area contributed by atoms with Crippen molar-refractivity contribution in [3.05, 3.63) is 23.8 Å². The van der Waals surface area contributed by atoms with Crippen molar-refractivity contribution in [1.82, 2.24) is 0 Å². The number of nitrogens with two attached hydrogens (primary N) is 1. The van der Waals surface area contributed by atoms with Gasteiger partial charge in [-0.2, -0.15) is 0 Å². The van der Waals surface area contributed by atoms with Crippen LogP contribution in [0.3, 0.4) is 0 Å². The van der Waals surface area contributed by atoms with E-state index in [4.69, 9.17) is 34.2 Å². The van der Waals surface area contributed by atoms with Crippen LogP contribution in [-0.2, 0) is 30.2 Å². The molecule has 0 amide bonds. The molecule has 0 bridgehead atoms. The SMILES string of the molecule is CC(C)CCOC(=O)Oc1ccc(CC(N)(C[C@H](C)OC(=O)OC2CCCCC2)C(=O)O)cc1OC(=O)OCCC(C)C. The number of ether oxygens (including phenoxy) is 6. The van der Waals surface area contributed by atoms with E-state index >= 15 is 0 Å². The summed E-state index contributed by atoms with van der Waals surface area (Å²) in [7, 11) is 0. The summed E-state index contributed by atoms with van der Waals surface area (Å²) in [6, 6.07) is 4.18. The molecule has 1 unspecified atom stereocenters. The van der Waals surface area contributed by atoms with Gasteiger partial charge in [0, 0.05) is 12.8 Å². The van der Waals surface area contributed by atoms with Gasteiger partial charge in [0.25, 0.3) is 0 Å². The van der Waals surface area contributed by atoms with Crippen LogP contribution in [0.25, 0.3) is 0 Å². The van der Waals surface area contributed by atoms with Crippen molar-refractivity contribution in [2.24, 2.45) is 17.6 Å². The first-order valence-corrected chi connectivity index (χ1v) is 15.0. The van der Waals surface area contributed by atoms with E-state index in [0.717, 1.165) is 32.1 Å². The van der Waals surface area contributed by atoms with Gasteiger partial charge in [0.2, 0.25) is 0 Å². The third kappa shape index (κ3) is 13.5. The van der Waals surface area contributed by atoms with Gasteiger partial charge in [-0.15, -0.1) is 0 Å². The minimum absolute atomic E-state index is 0.121. The lowest BCUT2D eigenvalue weighted by Gasteiger charge is -2.28. The molecule has 0 radical (unpaired) electrons. The molecular formula is C31H47NO11. The molecule has 1 aliphatic rings. The Labute approximate surface area is 253 Å². The van der Waals surface area contributed by atoms with E-state index in [1.807, 2.05) is 27.7 Å². The summed E-state index contributed by atoms with van der Waals surface area (Å²) in [4.78, 5) is 49.2. The highest BCUT2D eigenvalue weighted by Gasteiger charge is 2.37. The average molecular weight is 610 g/mol. The summed E-state index contributed by atoms with van der Waals surface area (Å²) in [5.74, 6) is -1.02. The molecule has 1 fully saturated rings. The Kier molecular flexibility index (Phi) is 14.5. The van der Waals surface area contributed by atoms with Gasteiger partial charge in [0.05, 0.1) is 13.2 Å². The van der Waals surface area contributed by atoms with Crippen molar-refractivity contribution in [3.8, 4) is 11.5 Å². The first-order chi connectivity index (χ1) is 20.3. The molecule has 0 spiro atoms. The number of carbonyl (C=O) groups is 4. The highest BCUT2D eigenvalue weighted by atomic mass is 16.7. The highest BCUT2D eigenvalue weighted by Crippen LogP contribution is 2.32. The molecule has 43 heavy (non-hydrogen) atoms. The molecule has 0 saturated heterocycles. The summed E-state index contributed by atoms with van der Waals surface area (Å²) >= 11 is 0. The average Bonchev–Trinajstić information content (AvgIpc) is 2.90. The van der Waals surface area contributed by atoms with Crippen molar-refractivity contribution in [3.63, 3.8) is 0 Å². The molecule has 1 aromatic rings. The second-order valence-corrected chi connectivity index (χ2v) is 11.9. The first-order valence-electron chi connectivity index (χ1n) is 15.0. The molecule has 12 heteroatoms. The fourth-order valence-electron chi connectivity index (χ4n) is 4.49. The lowest BCUT2D eigenvalue weighted by molar-refractivity contribution is -0.144. The summed E-state index contributed by atoms with van der Waals surface area (Å²) in [5, 5.41) is 10.0. The van der Waals surface area contributed by atoms with Gasteiger partial charge in [-0.05, 0) is 75.0 Å². The predicted octanol–water partition coefficient (Wildman–Crippen LogP) is 6.40. The van der Waals surface area contributed by atoms with E-state index in [1.54, 1.807) is 0 Å². The lowest BCUT2D eigenvalue weighted by Crippen LogP contribution is -2.52. The fourth-order valence-corrected chi connectivity index (χ4v) is 4.49. The van der Waals surface area contributed by atoms with Gasteiger partial charge in [0.15, 0.2) is 11.5 Å². The van der Waals surface area contributed by atoms with Gasteiger partial charge in [-0.3, -0.25) is 4.79 Å². The van der Waals surface area contributed by atoms with Gasteiger partial charge in [-0.25, -0.2) is 14.4 Å². The standard InChI is InChI=1S/C31H47NO11/c1-20(2)13-15-38-28(35)42-25-12-11-23(17-26(25)43-29(36)39-16-14-21(3)4)19-31(32,27(33)34)18-22(5)40-30(37)41-24-9-7-6-8-10-24/h11-12,17,20-22,24H,6-10,13-16,18-19,32H2,1-5H3,(H,33,34)/t22-,31?/m0/s1. The Hall–Kier alpha value is -3.54. The second-order valence-electron chi connectivity index (χ2n) is 11.9. The van der Waals surface area contributed by atoms with Crippen LogP contribution in [-0.4, -0.2) is 60.5 Å². The minimum atomic E-state index is -1.86. The molecule has 2 rings (SSSR count). The molecule has 12 nitrogen and oxygen atoms in total. The number of carbonyl (C=O) groups excluding carboxylic acids is 3. The monoisotopic (exact) mass is 609 g/mol. The van der Waals surface area contributed by atoms with Crippen molar-refractivity contribution in [2.45, 2.75) is 110 Å². The van der Waals surface area contributed by atoms with Crippen molar-refractivity contribution in [1.29, 1.82) is 0 Å². The summed E-state index contributed by atoms with van der Waals surface area (Å²) in [6.07, 6.45) is 1.43. The van der Waals surface area contributed by atoms with Gasteiger partial charge < -0.3 is 39.3 Å². The molecule has 242 valence electrons. The molecule has 0 heterocycles. The van der Waals surface area contributed by atoms with Crippen molar-refractivity contribution >= 4 is 24.4 Å². The van der Waals surface area contributed by atoms with E-state index in [9.17, 15) is 24.3 Å². The van der Waals surface area contributed by atoms with Crippen LogP contribution in [0.4, 0.5) is 14.4 Å². The van der Waals surface area contributed by atoms with Crippen LogP contribution < -0.4 is 15.2 Å². The Bertz CT molecular complexity index is 1070. The third-order valence-corrected chi connectivity index (χ3v) is 6.93. The second kappa shape index (κ2) is 17.5. The Morgan fingerprint density at radius 3 is 1.95 bits per heavy atom. The number of benzene rings is 1. The summed E-state index contributed by atoms with van der Waals surface area (Å²) in [5.41, 5.74) is 4.80. The first kappa shape index (κ1) is 35.7. The number of carboxylic acids is 1. The van der Waals surface area contributed by atoms with E-state index < -0.39 is 36.1 Å². The maximum absolute atomic E-state index is 12.4. The van der Waals surface area contributed by atoms with Crippen molar-refractivity contribution < 1.29 is 52.7 Å². The molecule has 2 atom stereocenters. The smallest absolute Gasteiger partial charge is 0.480 e. The molecule has 0 aliphatic heterocycles. The Morgan fingerprint density at radius 2 is 1.42 bits per heavy atom. The molecule has 1 aliphatic carbocycles. The summed E-state index contributed by atoms with van der Waals surface area (Å²) in [6.45, 7) is 9.71. The largest absolute Gasteiger partial charge is 0.513 e. The van der Waals surface area contributed by atoms with Crippen LogP contribution in [0.15, 0.2) is 18.2 Å². The van der Waals surface area contributed by atoms with Gasteiger partial charge >= 0.3 is 24.4 Å². The number of rotatable bonds is 15. The Balaban J connectivity index is 2.15. The normalized spacial score (nSPS) is 15.7. The molecule has 3 N–H and O–H groups in total. The number of hydrogen-bond acceptors (Lipinski definition) is 11. The number of hydrogen-bond donors (Lipinski definition) is 2. The minimum Gasteiger partial charge on any atom is -0.480 e. The zero-order valence-electron chi connectivity index (χ0n) is 25.9. The third-order valence-electron chi connectivity index (χ3n) is 6.93. The number of aliphatic carboxylic acids is 1. The highest BCUT2D eigenvalue weighted by molar-refractivity contribution is 5.79. The van der Waals surface area contributed by atoms with Gasteiger partial charge in [-0.1, -0.05) is 40.2 Å². The van der Waals surface area contributed by atoms with Crippen LogP contribution in [0.2, 0.25) is 0 Å². The zero-order chi connectivity index (χ0) is 32.0. The molecule has 1 saturated carbocycles. The van der Waals surface area contributed by atoms with E-state index in [1.165, 1.54) is 25.1 Å². The maximum atomic E-state index is 12.4. The topological polar surface area (TPSA) is 170 Å². The van der Waals surface area contributed by atoms with Crippen LogP contribution in [0.1, 0.15) is 91.5 Å². The predicted molar refractivity (Wildman–Crippen MR) is 156 cm³/mol. The summed E-state index contributed by atoms with van der Waals surface area (Å²) < 4.78 is 31.5. The zero-order valence-corrected chi connectivity index (χ0v) is 25.9. The van der Waals surface area contributed by atoms with Crippen molar-refractivity contribution in [2.75, 3.05) is 13.2 Å². The van der Waals surface area contributed by atoms with E-state index in [-0.39, 0.29) is 43.7 Å². The molecule has 1 aromatic carbocycles. The molecular weight excluding hydrogens is 562 g/mol. The lowest BCUT2D eigenvalue weighted by atomic mass is 9.86. The van der Waals surface area contributed by atoms with Gasteiger partial charge in [0.1, 0.15) is 17.7 Å². The van der Waals surface area contributed by atoms with E-state index in [0.29, 0.717) is 30.2 Å². The van der Waals surface area contributed by atoms with Crippen LogP contribution in [0, 0.1) is 11.8 Å². The Morgan fingerprint density at radius 1 is 0.860 bits per heavy atom. The van der Waals surface area contributed by atoms with E-state index in [2.05, 4.69) is 0 Å². The maximum Gasteiger partial charge on any atom is 0.513 e. The fraction of sp³-hybridized carbons (Fsp3) is 0.677.